The van der Waals surface area contributed by atoms with E-state index in [1.54, 1.807) is 0 Å². The molecule has 0 N–H and O–H groups in total. The molecule has 0 amide bonds. The molecule has 0 unspecified atom stereocenters. The maximum absolute atomic E-state index is 6.75. The zero-order chi connectivity index (χ0) is 29.8. The van der Waals surface area contributed by atoms with Gasteiger partial charge in [-0.05, 0) is 75.8 Å². The monoisotopic (exact) mass is 575 g/mol. The van der Waals surface area contributed by atoms with Crippen LogP contribution in [-0.4, -0.2) is 0 Å². The van der Waals surface area contributed by atoms with Crippen molar-refractivity contribution in [2.75, 3.05) is 4.90 Å². The smallest absolute Gasteiger partial charge is 0.137 e. The molecule has 2 nitrogen and oxygen atoms in total. The first-order chi connectivity index (χ1) is 22.3. The van der Waals surface area contributed by atoms with E-state index in [0.717, 1.165) is 39.0 Å². The van der Waals surface area contributed by atoms with Crippen LogP contribution in [-0.2, 0) is 5.41 Å². The zero-order valence-corrected chi connectivity index (χ0v) is 24.6. The summed E-state index contributed by atoms with van der Waals surface area (Å²) in [6.07, 6.45) is 0. The molecule has 0 atom stereocenters. The largest absolute Gasteiger partial charge is 0.456 e. The minimum Gasteiger partial charge on any atom is -0.456 e. The molecule has 1 aromatic heterocycles. The van der Waals surface area contributed by atoms with Crippen LogP contribution < -0.4 is 4.90 Å². The van der Waals surface area contributed by atoms with Gasteiger partial charge in [0.25, 0.3) is 0 Å². The molecule has 8 aromatic rings. The van der Waals surface area contributed by atoms with Gasteiger partial charge in [-0.3, -0.25) is 0 Å². The molecule has 1 heterocycles. The van der Waals surface area contributed by atoms with Crippen molar-refractivity contribution in [3.05, 3.63) is 198 Å². The Morgan fingerprint density at radius 1 is 0.422 bits per heavy atom. The summed E-state index contributed by atoms with van der Waals surface area (Å²) < 4.78 is 6.75. The van der Waals surface area contributed by atoms with Crippen molar-refractivity contribution in [3.63, 3.8) is 0 Å². The normalized spacial score (nSPS) is 13.1. The molecule has 0 aliphatic heterocycles. The number of furan rings is 1. The maximum Gasteiger partial charge on any atom is 0.137 e. The molecular weight excluding hydrogens is 546 g/mol. The number of hydrogen-bond donors (Lipinski definition) is 0. The summed E-state index contributed by atoms with van der Waals surface area (Å²) in [5, 5.41) is 2.21. The highest BCUT2D eigenvalue weighted by molar-refractivity contribution is 6.13. The molecule has 9 rings (SSSR count). The van der Waals surface area contributed by atoms with Gasteiger partial charge in [0.05, 0.1) is 16.5 Å². The second kappa shape index (κ2) is 10.1. The van der Waals surface area contributed by atoms with Gasteiger partial charge in [-0.15, -0.1) is 0 Å². The summed E-state index contributed by atoms with van der Waals surface area (Å²) in [6.45, 7) is 0. The van der Waals surface area contributed by atoms with E-state index < -0.39 is 5.41 Å². The van der Waals surface area contributed by atoms with E-state index in [0.29, 0.717) is 0 Å². The third kappa shape index (κ3) is 3.76. The van der Waals surface area contributed by atoms with Crippen molar-refractivity contribution < 1.29 is 4.42 Å². The lowest BCUT2D eigenvalue weighted by molar-refractivity contribution is 0.665. The van der Waals surface area contributed by atoms with Crippen LogP contribution in [0.25, 0.3) is 33.1 Å². The highest BCUT2D eigenvalue weighted by Gasteiger charge is 2.46. The Kier molecular flexibility index (Phi) is 5.76. The molecule has 7 aromatic carbocycles. The molecule has 0 fully saturated rings. The van der Waals surface area contributed by atoms with Crippen molar-refractivity contribution in [1.82, 2.24) is 0 Å². The molecular formula is C43H29NO. The lowest BCUT2D eigenvalue weighted by atomic mass is 9.67. The predicted molar refractivity (Wildman–Crippen MR) is 186 cm³/mol. The third-order valence-electron chi connectivity index (χ3n) is 9.34. The SMILES string of the molecule is c1ccc(N(c2ccccc2)c2cccc3oc4cc(C5(c6ccccc6)c6ccccc6-c6ccccc65)ccc4c23)cc1. The van der Waals surface area contributed by atoms with Gasteiger partial charge in [0.1, 0.15) is 11.2 Å². The van der Waals surface area contributed by atoms with Gasteiger partial charge in [-0.25, -0.2) is 0 Å². The Labute approximate surface area is 262 Å². The van der Waals surface area contributed by atoms with Crippen LogP contribution in [0.1, 0.15) is 22.3 Å². The summed E-state index contributed by atoms with van der Waals surface area (Å²) in [5.41, 5.74) is 12.2. The Morgan fingerprint density at radius 3 is 1.60 bits per heavy atom. The lowest BCUT2D eigenvalue weighted by Crippen LogP contribution is -2.28. The van der Waals surface area contributed by atoms with Crippen molar-refractivity contribution >= 4 is 39.0 Å². The molecule has 45 heavy (non-hydrogen) atoms. The Bertz CT molecular complexity index is 2240. The van der Waals surface area contributed by atoms with Crippen LogP contribution in [0.3, 0.4) is 0 Å². The van der Waals surface area contributed by atoms with Crippen molar-refractivity contribution in [1.29, 1.82) is 0 Å². The fourth-order valence-corrected chi connectivity index (χ4v) is 7.52. The fraction of sp³-hybridized carbons (Fsp3) is 0.0233. The minimum atomic E-state index is -0.468. The van der Waals surface area contributed by atoms with Crippen LogP contribution in [0, 0.1) is 0 Å². The van der Waals surface area contributed by atoms with E-state index in [2.05, 4.69) is 181 Å². The summed E-state index contributed by atoms with van der Waals surface area (Å²) in [6, 6.07) is 63.0. The molecule has 0 saturated carbocycles. The van der Waals surface area contributed by atoms with E-state index in [1.165, 1.54) is 33.4 Å². The Hall–Kier alpha value is -5.86. The topological polar surface area (TPSA) is 16.4 Å². The Balaban J connectivity index is 1.32. The quantitative estimate of drug-likeness (QED) is 0.203. The van der Waals surface area contributed by atoms with Gasteiger partial charge in [-0.2, -0.15) is 0 Å². The van der Waals surface area contributed by atoms with Gasteiger partial charge >= 0.3 is 0 Å². The molecule has 1 aliphatic rings. The van der Waals surface area contributed by atoms with E-state index in [-0.39, 0.29) is 0 Å². The van der Waals surface area contributed by atoms with E-state index >= 15 is 0 Å². The van der Waals surface area contributed by atoms with Crippen molar-refractivity contribution in [2.45, 2.75) is 5.41 Å². The second-order valence-electron chi connectivity index (χ2n) is 11.7. The molecule has 0 radical (unpaired) electrons. The first-order valence-corrected chi connectivity index (χ1v) is 15.4. The van der Waals surface area contributed by atoms with Gasteiger partial charge in [0.2, 0.25) is 0 Å². The van der Waals surface area contributed by atoms with Gasteiger partial charge in [0, 0.05) is 16.8 Å². The molecule has 1 aliphatic carbocycles. The van der Waals surface area contributed by atoms with Crippen molar-refractivity contribution in [2.24, 2.45) is 0 Å². The molecule has 0 spiro atoms. The average molecular weight is 576 g/mol. The number of hydrogen-bond acceptors (Lipinski definition) is 2. The Morgan fingerprint density at radius 2 is 0.978 bits per heavy atom. The third-order valence-corrected chi connectivity index (χ3v) is 9.34. The predicted octanol–water partition coefficient (Wildman–Crippen LogP) is 11.4. The average Bonchev–Trinajstić information content (AvgIpc) is 3.64. The minimum absolute atomic E-state index is 0.468. The number of rotatable bonds is 5. The number of fused-ring (bicyclic) bond motifs is 6. The highest BCUT2D eigenvalue weighted by atomic mass is 16.3. The van der Waals surface area contributed by atoms with Gasteiger partial charge in [0.15, 0.2) is 0 Å². The first kappa shape index (κ1) is 25.6. The van der Waals surface area contributed by atoms with E-state index in [1.807, 2.05) is 0 Å². The van der Waals surface area contributed by atoms with E-state index in [9.17, 15) is 0 Å². The second-order valence-corrected chi connectivity index (χ2v) is 11.7. The standard InChI is InChI=1S/C43H29NO/c1-4-15-30(16-5-1)43(37-23-12-10-21-34(37)35-22-11-13-24-38(35)43)31-27-28-36-41(29-31)45-40-26-14-25-39(42(36)40)44(32-17-6-2-7-18-32)33-19-8-3-9-20-33/h1-29H. The van der Waals surface area contributed by atoms with Crippen LogP contribution in [0.4, 0.5) is 17.1 Å². The number of benzene rings is 7. The molecule has 0 bridgehead atoms. The van der Waals surface area contributed by atoms with Crippen LogP contribution in [0.15, 0.2) is 180 Å². The lowest BCUT2D eigenvalue weighted by Gasteiger charge is -2.33. The number of para-hydroxylation sites is 2. The van der Waals surface area contributed by atoms with Gasteiger partial charge in [-0.1, -0.05) is 133 Å². The highest BCUT2D eigenvalue weighted by Crippen LogP contribution is 2.56. The van der Waals surface area contributed by atoms with Crippen LogP contribution >= 0.6 is 0 Å². The zero-order valence-electron chi connectivity index (χ0n) is 24.6. The van der Waals surface area contributed by atoms with Crippen molar-refractivity contribution in [3.8, 4) is 11.1 Å². The summed E-state index contributed by atoms with van der Waals surface area (Å²) in [4.78, 5) is 2.32. The van der Waals surface area contributed by atoms with E-state index in [4.69, 9.17) is 4.42 Å². The first-order valence-electron chi connectivity index (χ1n) is 15.4. The van der Waals surface area contributed by atoms with Gasteiger partial charge < -0.3 is 9.32 Å². The summed E-state index contributed by atoms with van der Waals surface area (Å²) in [5.74, 6) is 0. The fourth-order valence-electron chi connectivity index (χ4n) is 7.52. The summed E-state index contributed by atoms with van der Waals surface area (Å²) >= 11 is 0. The molecule has 2 heteroatoms. The number of anilines is 3. The summed E-state index contributed by atoms with van der Waals surface area (Å²) in [7, 11) is 0. The molecule has 0 saturated heterocycles. The molecule has 212 valence electrons. The maximum atomic E-state index is 6.75. The number of nitrogens with zero attached hydrogens (tertiary/aromatic N) is 1. The van der Waals surface area contributed by atoms with Crippen LogP contribution in [0.2, 0.25) is 0 Å². The van der Waals surface area contributed by atoms with Crippen LogP contribution in [0.5, 0.6) is 0 Å².